The number of sulfone groups is 1. The molecule has 1 fully saturated rings. The maximum absolute atomic E-state index is 12.8. The Balaban J connectivity index is 1.74. The van der Waals surface area contributed by atoms with Crippen molar-refractivity contribution in [3.05, 3.63) is 35.6 Å². The summed E-state index contributed by atoms with van der Waals surface area (Å²) in [6.45, 7) is 2.69. The van der Waals surface area contributed by atoms with Crippen LogP contribution in [0.5, 0.6) is 0 Å². The molecule has 2 rings (SSSR count). The lowest BCUT2D eigenvalue weighted by molar-refractivity contribution is -0.125. The SMILES string of the molecule is CCN(CC(=O)NCc1ccc(F)cc1)CC(=O)N[C@@H]1CCS(=O)(=O)C1. The Morgan fingerprint density at radius 1 is 1.19 bits per heavy atom. The van der Waals surface area contributed by atoms with E-state index >= 15 is 0 Å². The molecular formula is C17H24FN3O4S. The fraction of sp³-hybridized carbons (Fsp3) is 0.529. The van der Waals surface area contributed by atoms with E-state index in [0.717, 1.165) is 5.56 Å². The van der Waals surface area contributed by atoms with Crippen LogP contribution in [0.15, 0.2) is 24.3 Å². The fourth-order valence-corrected chi connectivity index (χ4v) is 4.40. The molecule has 1 aliphatic rings. The lowest BCUT2D eigenvalue weighted by Crippen LogP contribution is -2.45. The van der Waals surface area contributed by atoms with Crippen LogP contribution >= 0.6 is 0 Å². The van der Waals surface area contributed by atoms with Gasteiger partial charge in [0.1, 0.15) is 5.82 Å². The van der Waals surface area contributed by atoms with Gasteiger partial charge in [0, 0.05) is 12.6 Å². The summed E-state index contributed by atoms with van der Waals surface area (Å²) in [6, 6.07) is 5.49. The lowest BCUT2D eigenvalue weighted by atomic mass is 10.2. The number of rotatable bonds is 8. The molecule has 144 valence electrons. The van der Waals surface area contributed by atoms with Gasteiger partial charge in [0.05, 0.1) is 24.6 Å². The molecule has 7 nitrogen and oxygen atoms in total. The number of carbonyl (C=O) groups excluding carboxylic acids is 2. The van der Waals surface area contributed by atoms with Crippen LogP contribution in [-0.4, -0.2) is 62.3 Å². The Morgan fingerprint density at radius 3 is 2.42 bits per heavy atom. The molecular weight excluding hydrogens is 361 g/mol. The van der Waals surface area contributed by atoms with E-state index in [4.69, 9.17) is 0 Å². The number of carbonyl (C=O) groups is 2. The minimum atomic E-state index is -3.05. The second kappa shape index (κ2) is 9.09. The molecule has 0 unspecified atom stereocenters. The number of nitrogens with zero attached hydrogens (tertiary/aromatic N) is 1. The van der Waals surface area contributed by atoms with Crippen LogP contribution < -0.4 is 10.6 Å². The van der Waals surface area contributed by atoms with Gasteiger partial charge in [-0.1, -0.05) is 19.1 Å². The average Bonchev–Trinajstić information content (AvgIpc) is 2.92. The van der Waals surface area contributed by atoms with Gasteiger partial charge in [-0.3, -0.25) is 14.5 Å². The summed E-state index contributed by atoms with van der Waals surface area (Å²) in [5.74, 6) is -0.796. The molecule has 1 heterocycles. The maximum atomic E-state index is 12.8. The van der Waals surface area contributed by atoms with Crippen molar-refractivity contribution in [3.63, 3.8) is 0 Å². The Hall–Kier alpha value is -2.00. The van der Waals surface area contributed by atoms with Crippen molar-refractivity contribution in [3.8, 4) is 0 Å². The van der Waals surface area contributed by atoms with E-state index in [1.54, 1.807) is 17.0 Å². The number of hydrogen-bond acceptors (Lipinski definition) is 5. The summed E-state index contributed by atoms with van der Waals surface area (Å²) >= 11 is 0. The summed E-state index contributed by atoms with van der Waals surface area (Å²) in [5.41, 5.74) is 0.781. The molecule has 1 atom stereocenters. The molecule has 2 N–H and O–H groups in total. The highest BCUT2D eigenvalue weighted by Crippen LogP contribution is 2.11. The number of likely N-dealkylation sites (N-methyl/N-ethyl adjacent to an activating group) is 1. The van der Waals surface area contributed by atoms with E-state index in [1.165, 1.54) is 12.1 Å². The molecule has 2 amide bonds. The third-order valence-corrected chi connectivity index (χ3v) is 5.95. The summed E-state index contributed by atoms with van der Waals surface area (Å²) in [5, 5.41) is 5.43. The van der Waals surface area contributed by atoms with Gasteiger partial charge in [0.15, 0.2) is 9.84 Å². The highest BCUT2D eigenvalue weighted by Gasteiger charge is 2.29. The van der Waals surface area contributed by atoms with E-state index < -0.39 is 9.84 Å². The highest BCUT2D eigenvalue weighted by atomic mass is 32.2. The Morgan fingerprint density at radius 2 is 1.85 bits per heavy atom. The first-order valence-corrected chi connectivity index (χ1v) is 10.3. The monoisotopic (exact) mass is 385 g/mol. The van der Waals surface area contributed by atoms with E-state index in [0.29, 0.717) is 13.0 Å². The van der Waals surface area contributed by atoms with Gasteiger partial charge in [-0.05, 0) is 30.7 Å². The largest absolute Gasteiger partial charge is 0.351 e. The third-order valence-electron chi connectivity index (χ3n) is 4.18. The molecule has 0 aromatic heterocycles. The number of hydrogen-bond donors (Lipinski definition) is 2. The Bertz CT molecular complexity index is 737. The van der Waals surface area contributed by atoms with Gasteiger partial charge in [-0.25, -0.2) is 12.8 Å². The molecule has 0 radical (unpaired) electrons. The predicted molar refractivity (Wildman–Crippen MR) is 95.6 cm³/mol. The van der Waals surface area contributed by atoms with Gasteiger partial charge in [-0.15, -0.1) is 0 Å². The Labute approximate surface area is 152 Å². The zero-order valence-electron chi connectivity index (χ0n) is 14.7. The van der Waals surface area contributed by atoms with E-state index in [2.05, 4.69) is 10.6 Å². The van der Waals surface area contributed by atoms with Gasteiger partial charge in [-0.2, -0.15) is 0 Å². The van der Waals surface area contributed by atoms with Crippen molar-refractivity contribution in [1.29, 1.82) is 0 Å². The third kappa shape index (κ3) is 6.72. The lowest BCUT2D eigenvalue weighted by Gasteiger charge is -2.20. The topological polar surface area (TPSA) is 95.6 Å². The quantitative estimate of drug-likeness (QED) is 0.660. The van der Waals surface area contributed by atoms with Crippen LogP contribution in [-0.2, 0) is 26.0 Å². The zero-order chi connectivity index (χ0) is 19.2. The van der Waals surface area contributed by atoms with Crippen LogP contribution in [0.4, 0.5) is 4.39 Å². The van der Waals surface area contributed by atoms with Crippen LogP contribution in [0, 0.1) is 5.82 Å². The molecule has 1 saturated heterocycles. The van der Waals surface area contributed by atoms with E-state index in [1.807, 2.05) is 6.92 Å². The van der Waals surface area contributed by atoms with Gasteiger partial charge in [0.2, 0.25) is 11.8 Å². The molecule has 0 aliphatic carbocycles. The minimum Gasteiger partial charge on any atom is -0.351 e. The van der Waals surface area contributed by atoms with E-state index in [9.17, 15) is 22.4 Å². The summed E-state index contributed by atoms with van der Waals surface area (Å²) < 4.78 is 35.7. The zero-order valence-corrected chi connectivity index (χ0v) is 15.5. The summed E-state index contributed by atoms with van der Waals surface area (Å²) in [7, 11) is -3.05. The molecule has 1 aromatic carbocycles. The maximum Gasteiger partial charge on any atom is 0.234 e. The fourth-order valence-electron chi connectivity index (χ4n) is 2.73. The molecule has 1 aliphatic heterocycles. The van der Waals surface area contributed by atoms with Crippen molar-refractivity contribution in [1.82, 2.24) is 15.5 Å². The van der Waals surface area contributed by atoms with Gasteiger partial charge in [0.25, 0.3) is 0 Å². The molecule has 1 aromatic rings. The standard InChI is InChI=1S/C17H24FN3O4S/c1-2-21(11-17(23)20-15-7-8-26(24,25)12-15)10-16(22)19-9-13-3-5-14(18)6-4-13/h3-6,15H,2,7-12H2,1H3,(H,19,22)(H,20,23)/t15-/m1/s1. The second-order valence-corrected chi connectivity index (χ2v) is 8.60. The Kier molecular flexibility index (Phi) is 7.10. The summed E-state index contributed by atoms with van der Waals surface area (Å²) in [4.78, 5) is 25.7. The molecule has 9 heteroatoms. The molecule has 26 heavy (non-hydrogen) atoms. The van der Waals surface area contributed by atoms with Crippen LogP contribution in [0.3, 0.4) is 0 Å². The smallest absolute Gasteiger partial charge is 0.234 e. The average molecular weight is 385 g/mol. The first-order chi connectivity index (χ1) is 12.3. The molecule has 0 saturated carbocycles. The molecule has 0 bridgehead atoms. The van der Waals surface area contributed by atoms with Crippen LogP contribution in [0.2, 0.25) is 0 Å². The molecule has 0 spiro atoms. The summed E-state index contributed by atoms with van der Waals surface area (Å²) in [6.07, 6.45) is 0.429. The number of benzene rings is 1. The van der Waals surface area contributed by atoms with Crippen LogP contribution in [0.1, 0.15) is 18.9 Å². The first-order valence-electron chi connectivity index (χ1n) is 8.50. The van der Waals surface area contributed by atoms with Crippen molar-refractivity contribution >= 4 is 21.7 Å². The first kappa shape index (κ1) is 20.3. The number of amides is 2. The minimum absolute atomic E-state index is 0.0248. The van der Waals surface area contributed by atoms with Crippen molar-refractivity contribution in [2.45, 2.75) is 25.9 Å². The second-order valence-electron chi connectivity index (χ2n) is 6.37. The van der Waals surface area contributed by atoms with Crippen molar-refractivity contribution in [2.24, 2.45) is 0 Å². The van der Waals surface area contributed by atoms with Gasteiger partial charge >= 0.3 is 0 Å². The normalized spacial score (nSPS) is 18.7. The van der Waals surface area contributed by atoms with Crippen LogP contribution in [0.25, 0.3) is 0 Å². The number of halogens is 1. The van der Waals surface area contributed by atoms with Crippen molar-refractivity contribution in [2.75, 3.05) is 31.1 Å². The number of nitrogens with one attached hydrogen (secondary N) is 2. The highest BCUT2D eigenvalue weighted by molar-refractivity contribution is 7.91. The van der Waals surface area contributed by atoms with Gasteiger partial charge < -0.3 is 10.6 Å². The van der Waals surface area contributed by atoms with Crippen molar-refractivity contribution < 1.29 is 22.4 Å². The van der Waals surface area contributed by atoms with E-state index in [-0.39, 0.29) is 54.8 Å². The predicted octanol–water partition coefficient (Wildman–Crippen LogP) is 0.0671.